The molecule has 2 rings (SSSR count). The Morgan fingerprint density at radius 2 is 1.95 bits per heavy atom. The van der Waals surface area contributed by atoms with Crippen molar-refractivity contribution in [1.82, 2.24) is 10.2 Å². The number of rotatable bonds is 6. The Kier molecular flexibility index (Phi) is 5.53. The Bertz CT molecular complexity index is 347. The van der Waals surface area contributed by atoms with Gasteiger partial charge in [-0.15, -0.1) is 0 Å². The van der Waals surface area contributed by atoms with Crippen LogP contribution in [0.1, 0.15) is 66.2 Å². The molecule has 4 nitrogen and oxygen atoms in total. The van der Waals surface area contributed by atoms with Gasteiger partial charge in [-0.1, -0.05) is 13.3 Å². The zero-order chi connectivity index (χ0) is 15.5. The molecule has 0 aromatic carbocycles. The van der Waals surface area contributed by atoms with Crippen LogP contribution in [0.15, 0.2) is 0 Å². The van der Waals surface area contributed by atoms with E-state index in [2.05, 4.69) is 12.2 Å². The molecule has 2 fully saturated rings. The lowest BCUT2D eigenvalue weighted by molar-refractivity contribution is 0.0234. The first-order chi connectivity index (χ1) is 9.89. The molecule has 21 heavy (non-hydrogen) atoms. The van der Waals surface area contributed by atoms with Crippen LogP contribution in [0.4, 0.5) is 4.79 Å². The van der Waals surface area contributed by atoms with E-state index in [-0.39, 0.29) is 6.09 Å². The number of hydrogen-bond acceptors (Lipinski definition) is 3. The van der Waals surface area contributed by atoms with Crippen molar-refractivity contribution in [2.75, 3.05) is 13.1 Å². The minimum absolute atomic E-state index is 0.148. The van der Waals surface area contributed by atoms with Gasteiger partial charge < -0.3 is 15.0 Å². The maximum Gasteiger partial charge on any atom is 0.410 e. The van der Waals surface area contributed by atoms with Gasteiger partial charge in [-0.2, -0.15) is 0 Å². The van der Waals surface area contributed by atoms with Crippen molar-refractivity contribution in [2.24, 2.45) is 5.92 Å². The zero-order valence-electron chi connectivity index (χ0n) is 14.2. The number of amides is 1. The molecule has 1 N–H and O–H groups in total. The van der Waals surface area contributed by atoms with Crippen molar-refractivity contribution in [2.45, 2.75) is 83.9 Å². The average molecular weight is 296 g/mol. The van der Waals surface area contributed by atoms with E-state index in [4.69, 9.17) is 4.74 Å². The lowest BCUT2D eigenvalue weighted by Crippen LogP contribution is -2.43. The second-order valence-corrected chi connectivity index (χ2v) is 7.64. The molecule has 2 unspecified atom stereocenters. The second kappa shape index (κ2) is 6.99. The zero-order valence-corrected chi connectivity index (χ0v) is 14.2. The predicted molar refractivity (Wildman–Crippen MR) is 85.4 cm³/mol. The minimum atomic E-state index is -0.405. The summed E-state index contributed by atoms with van der Waals surface area (Å²) in [4.78, 5) is 14.2. The van der Waals surface area contributed by atoms with Crippen molar-refractivity contribution in [3.63, 3.8) is 0 Å². The van der Waals surface area contributed by atoms with Crippen LogP contribution in [0, 0.1) is 5.92 Å². The van der Waals surface area contributed by atoms with E-state index in [1.54, 1.807) is 0 Å². The summed E-state index contributed by atoms with van der Waals surface area (Å²) in [6.07, 6.45) is 7.34. The number of carbonyl (C=O) groups is 1. The van der Waals surface area contributed by atoms with E-state index in [1.807, 2.05) is 25.7 Å². The van der Waals surface area contributed by atoms with Crippen molar-refractivity contribution >= 4 is 6.09 Å². The molecule has 0 saturated heterocycles. The first-order valence-electron chi connectivity index (χ1n) is 8.62. The highest BCUT2D eigenvalue weighted by atomic mass is 16.6. The van der Waals surface area contributed by atoms with E-state index >= 15 is 0 Å². The fraction of sp³-hybridized carbons (Fsp3) is 0.941. The molecule has 2 saturated carbocycles. The third-order valence-electron chi connectivity index (χ3n) is 4.52. The Hall–Kier alpha value is -0.770. The quantitative estimate of drug-likeness (QED) is 0.815. The van der Waals surface area contributed by atoms with Crippen molar-refractivity contribution < 1.29 is 9.53 Å². The summed E-state index contributed by atoms with van der Waals surface area (Å²) in [6, 6.07) is 1.06. The molecule has 0 aromatic heterocycles. The number of ether oxygens (including phenoxy) is 1. The number of carbonyl (C=O) groups excluding carboxylic acids is 1. The van der Waals surface area contributed by atoms with Gasteiger partial charge >= 0.3 is 6.09 Å². The molecular formula is C17H32N2O2. The fourth-order valence-corrected chi connectivity index (χ4v) is 3.15. The van der Waals surface area contributed by atoms with Crippen molar-refractivity contribution in [3.05, 3.63) is 0 Å². The van der Waals surface area contributed by atoms with Crippen LogP contribution in [0.5, 0.6) is 0 Å². The Morgan fingerprint density at radius 1 is 1.24 bits per heavy atom. The van der Waals surface area contributed by atoms with Crippen LogP contribution >= 0.6 is 0 Å². The molecule has 0 heterocycles. The maximum atomic E-state index is 12.2. The van der Waals surface area contributed by atoms with Crippen LogP contribution in [0.2, 0.25) is 0 Å². The molecular weight excluding hydrogens is 264 g/mol. The van der Waals surface area contributed by atoms with Crippen molar-refractivity contribution in [3.8, 4) is 0 Å². The first kappa shape index (κ1) is 16.6. The van der Waals surface area contributed by atoms with Gasteiger partial charge in [0.05, 0.1) is 0 Å². The van der Waals surface area contributed by atoms with Crippen LogP contribution in [0.3, 0.4) is 0 Å². The minimum Gasteiger partial charge on any atom is -0.444 e. The summed E-state index contributed by atoms with van der Waals surface area (Å²) >= 11 is 0. The van der Waals surface area contributed by atoms with Gasteiger partial charge in [-0.25, -0.2) is 4.79 Å². The van der Waals surface area contributed by atoms with Gasteiger partial charge in [0.1, 0.15) is 5.60 Å². The van der Waals surface area contributed by atoms with E-state index < -0.39 is 5.60 Å². The molecule has 0 radical (unpaired) electrons. The van der Waals surface area contributed by atoms with Gasteiger partial charge in [-0.3, -0.25) is 0 Å². The third-order valence-corrected chi connectivity index (χ3v) is 4.52. The molecule has 0 bridgehead atoms. The largest absolute Gasteiger partial charge is 0.444 e. The summed E-state index contributed by atoms with van der Waals surface area (Å²) in [5.74, 6) is 0.896. The third kappa shape index (κ3) is 5.50. The van der Waals surface area contributed by atoms with Gasteiger partial charge in [0, 0.05) is 25.2 Å². The molecule has 1 amide bonds. The number of nitrogens with zero attached hydrogens (tertiary/aromatic N) is 1. The van der Waals surface area contributed by atoms with Gasteiger partial charge in [0.15, 0.2) is 0 Å². The molecule has 2 atom stereocenters. The SMILES string of the molecule is CCC1CCC(NCCN(C(=O)OC(C)(C)C)C2CC2)C1. The maximum absolute atomic E-state index is 12.2. The summed E-state index contributed by atoms with van der Waals surface area (Å²) in [5.41, 5.74) is -0.405. The highest BCUT2D eigenvalue weighted by Crippen LogP contribution is 2.29. The molecule has 122 valence electrons. The van der Waals surface area contributed by atoms with E-state index in [0.29, 0.717) is 12.1 Å². The van der Waals surface area contributed by atoms with E-state index in [0.717, 1.165) is 31.8 Å². The standard InChI is InChI=1S/C17H32N2O2/c1-5-13-6-7-14(12-13)18-10-11-19(15-8-9-15)16(20)21-17(2,3)4/h13-15,18H,5-12H2,1-4H3. The molecule has 0 spiro atoms. The lowest BCUT2D eigenvalue weighted by atomic mass is 10.1. The number of nitrogens with one attached hydrogen (secondary N) is 1. The predicted octanol–water partition coefficient (Wildman–Crippen LogP) is 3.55. The summed E-state index contributed by atoms with van der Waals surface area (Å²) in [6.45, 7) is 9.72. The second-order valence-electron chi connectivity index (χ2n) is 7.64. The molecule has 2 aliphatic carbocycles. The Labute approximate surface area is 129 Å². The van der Waals surface area contributed by atoms with Gasteiger partial charge in [0.25, 0.3) is 0 Å². The highest BCUT2D eigenvalue weighted by Gasteiger charge is 2.35. The Morgan fingerprint density at radius 3 is 2.48 bits per heavy atom. The molecule has 0 aromatic rings. The topological polar surface area (TPSA) is 41.6 Å². The highest BCUT2D eigenvalue weighted by molar-refractivity contribution is 5.69. The fourth-order valence-electron chi connectivity index (χ4n) is 3.15. The summed E-state index contributed by atoms with van der Waals surface area (Å²) in [7, 11) is 0. The van der Waals surface area contributed by atoms with Crippen LogP contribution in [-0.2, 0) is 4.74 Å². The average Bonchev–Trinajstić information content (AvgIpc) is 3.11. The first-order valence-corrected chi connectivity index (χ1v) is 8.62. The van der Waals surface area contributed by atoms with E-state index in [1.165, 1.54) is 25.7 Å². The summed E-state index contributed by atoms with van der Waals surface area (Å²) < 4.78 is 5.52. The smallest absolute Gasteiger partial charge is 0.410 e. The van der Waals surface area contributed by atoms with Crippen LogP contribution in [-0.4, -0.2) is 41.8 Å². The Balaban J connectivity index is 1.72. The van der Waals surface area contributed by atoms with Crippen LogP contribution < -0.4 is 5.32 Å². The molecule has 4 heteroatoms. The van der Waals surface area contributed by atoms with Crippen LogP contribution in [0.25, 0.3) is 0 Å². The normalized spacial score (nSPS) is 25.9. The number of hydrogen-bond donors (Lipinski definition) is 1. The van der Waals surface area contributed by atoms with Gasteiger partial charge in [0.2, 0.25) is 0 Å². The molecule has 2 aliphatic rings. The van der Waals surface area contributed by atoms with Crippen molar-refractivity contribution in [1.29, 1.82) is 0 Å². The summed E-state index contributed by atoms with van der Waals surface area (Å²) in [5, 5.41) is 3.63. The monoisotopic (exact) mass is 296 g/mol. The lowest BCUT2D eigenvalue weighted by Gasteiger charge is -2.28. The molecule has 0 aliphatic heterocycles. The van der Waals surface area contributed by atoms with E-state index in [9.17, 15) is 4.79 Å². The van der Waals surface area contributed by atoms with Gasteiger partial charge in [-0.05, 0) is 58.8 Å².